The first-order valence-corrected chi connectivity index (χ1v) is 8.93. The van der Waals surface area contributed by atoms with Gasteiger partial charge in [0.05, 0.1) is 6.54 Å². The van der Waals surface area contributed by atoms with Gasteiger partial charge in [-0.05, 0) is 30.9 Å². The normalized spacial score (nSPS) is 17.0. The van der Waals surface area contributed by atoms with Crippen LogP contribution in [0.25, 0.3) is 0 Å². The largest absolute Gasteiger partial charge is 0.491 e. The number of aryl methyl sites for hydroxylation is 1. The second-order valence-corrected chi connectivity index (χ2v) is 6.98. The molecule has 1 aromatic carbocycles. The van der Waals surface area contributed by atoms with Gasteiger partial charge in [-0.2, -0.15) is 0 Å². The van der Waals surface area contributed by atoms with Gasteiger partial charge in [0.15, 0.2) is 0 Å². The molecule has 1 aliphatic carbocycles. The van der Waals surface area contributed by atoms with Crippen LogP contribution < -0.4 is 4.74 Å². The molecule has 0 atom stereocenters. The zero-order valence-electron chi connectivity index (χ0n) is 15.0. The number of carbonyl (C=O) groups is 2. The molecule has 0 N–H and O–H groups in total. The number of nitrogens with zero attached hydrogens (tertiary/aromatic N) is 2. The van der Waals surface area contributed by atoms with Gasteiger partial charge in [-0.3, -0.25) is 9.59 Å². The first-order chi connectivity index (χ1) is 12.0. The molecular formula is C20H26N2O3. The van der Waals surface area contributed by atoms with Crippen molar-refractivity contribution >= 4 is 11.8 Å². The molecule has 0 saturated heterocycles. The maximum absolute atomic E-state index is 12.7. The topological polar surface area (TPSA) is 49.9 Å². The average molecular weight is 342 g/mol. The number of amides is 2. The minimum absolute atomic E-state index is 0.0856. The standard InChI is InChI=1S/C20H26N2O3/c1-21(2)19(23)10-8-15-7-9-18-17(13-15)14-22(11-12-25-18)20(24)16-5-3-4-6-16/h3-4,7,9,13,16H,5-6,8,10-12,14H2,1-2H3. The molecular weight excluding hydrogens is 316 g/mol. The fourth-order valence-corrected chi connectivity index (χ4v) is 3.34. The molecule has 25 heavy (non-hydrogen) atoms. The second-order valence-electron chi connectivity index (χ2n) is 6.98. The fraction of sp³-hybridized carbons (Fsp3) is 0.500. The molecule has 0 unspecified atom stereocenters. The molecule has 5 nitrogen and oxygen atoms in total. The summed E-state index contributed by atoms with van der Waals surface area (Å²) in [5.74, 6) is 1.27. The summed E-state index contributed by atoms with van der Waals surface area (Å²) in [6.07, 6.45) is 7.05. The maximum atomic E-state index is 12.7. The maximum Gasteiger partial charge on any atom is 0.226 e. The zero-order valence-corrected chi connectivity index (χ0v) is 15.0. The van der Waals surface area contributed by atoms with E-state index in [0.29, 0.717) is 32.5 Å². The van der Waals surface area contributed by atoms with E-state index in [-0.39, 0.29) is 17.7 Å². The van der Waals surface area contributed by atoms with Gasteiger partial charge in [0.25, 0.3) is 0 Å². The lowest BCUT2D eigenvalue weighted by Gasteiger charge is -2.23. The molecule has 0 spiro atoms. The number of carbonyl (C=O) groups excluding carboxylic acids is 2. The van der Waals surface area contributed by atoms with Crippen LogP contribution in [0.4, 0.5) is 0 Å². The molecule has 2 amide bonds. The van der Waals surface area contributed by atoms with Gasteiger partial charge >= 0.3 is 0 Å². The summed E-state index contributed by atoms with van der Waals surface area (Å²) >= 11 is 0. The average Bonchev–Trinajstić information content (AvgIpc) is 3.05. The number of rotatable bonds is 4. The van der Waals surface area contributed by atoms with Crippen LogP contribution in [0.1, 0.15) is 30.4 Å². The number of hydrogen-bond donors (Lipinski definition) is 0. The van der Waals surface area contributed by atoms with E-state index >= 15 is 0 Å². The van der Waals surface area contributed by atoms with E-state index in [1.165, 1.54) is 0 Å². The molecule has 134 valence electrons. The van der Waals surface area contributed by atoms with Crippen LogP contribution in [0.15, 0.2) is 30.4 Å². The molecule has 1 aliphatic heterocycles. The third-order valence-corrected chi connectivity index (χ3v) is 4.90. The molecule has 0 fully saturated rings. The van der Waals surface area contributed by atoms with Gasteiger partial charge in [-0.1, -0.05) is 24.3 Å². The molecule has 0 saturated carbocycles. The monoisotopic (exact) mass is 342 g/mol. The highest BCUT2D eigenvalue weighted by molar-refractivity contribution is 5.80. The molecule has 1 aromatic rings. The quantitative estimate of drug-likeness (QED) is 0.790. The van der Waals surface area contributed by atoms with Gasteiger partial charge in [-0.15, -0.1) is 0 Å². The van der Waals surface area contributed by atoms with E-state index in [2.05, 4.69) is 18.2 Å². The SMILES string of the molecule is CN(C)C(=O)CCc1ccc2c(c1)CN(C(=O)C1CC=CC1)CCO2. The van der Waals surface area contributed by atoms with Crippen LogP contribution in [0.3, 0.4) is 0 Å². The van der Waals surface area contributed by atoms with Gasteiger partial charge in [0.1, 0.15) is 12.4 Å². The third kappa shape index (κ3) is 4.21. The number of allylic oxidation sites excluding steroid dienone is 2. The fourth-order valence-electron chi connectivity index (χ4n) is 3.34. The highest BCUT2D eigenvalue weighted by Crippen LogP contribution is 2.27. The van der Waals surface area contributed by atoms with Gasteiger partial charge in [0, 0.05) is 38.5 Å². The van der Waals surface area contributed by atoms with Crippen LogP contribution in [0, 0.1) is 5.92 Å². The Morgan fingerprint density at radius 2 is 2.00 bits per heavy atom. The van der Waals surface area contributed by atoms with Crippen LogP contribution in [-0.2, 0) is 22.6 Å². The highest BCUT2D eigenvalue weighted by Gasteiger charge is 2.27. The van der Waals surface area contributed by atoms with Crippen molar-refractivity contribution in [2.24, 2.45) is 5.92 Å². The Balaban J connectivity index is 1.69. The molecule has 0 radical (unpaired) electrons. The summed E-state index contributed by atoms with van der Waals surface area (Å²) in [5.41, 5.74) is 2.14. The first-order valence-electron chi connectivity index (χ1n) is 8.93. The molecule has 0 bridgehead atoms. The van der Waals surface area contributed by atoms with E-state index < -0.39 is 0 Å². The third-order valence-electron chi connectivity index (χ3n) is 4.90. The summed E-state index contributed by atoms with van der Waals surface area (Å²) in [7, 11) is 3.54. The Kier molecular flexibility index (Phi) is 5.41. The molecule has 1 heterocycles. The van der Waals surface area contributed by atoms with Crippen LogP contribution in [0.5, 0.6) is 5.75 Å². The first kappa shape index (κ1) is 17.5. The second kappa shape index (κ2) is 7.72. The lowest BCUT2D eigenvalue weighted by Crippen LogP contribution is -2.36. The lowest BCUT2D eigenvalue weighted by molar-refractivity contribution is -0.136. The van der Waals surface area contributed by atoms with Crippen molar-refractivity contribution in [1.82, 2.24) is 9.80 Å². The Morgan fingerprint density at radius 1 is 1.24 bits per heavy atom. The van der Waals surface area contributed by atoms with Crippen LogP contribution in [-0.4, -0.2) is 48.9 Å². The summed E-state index contributed by atoms with van der Waals surface area (Å²) < 4.78 is 5.83. The Morgan fingerprint density at radius 3 is 2.72 bits per heavy atom. The number of ether oxygens (including phenoxy) is 1. The molecule has 3 rings (SSSR count). The van der Waals surface area contributed by atoms with E-state index in [0.717, 1.165) is 29.7 Å². The van der Waals surface area contributed by atoms with Gasteiger partial charge in [0.2, 0.25) is 11.8 Å². The summed E-state index contributed by atoms with van der Waals surface area (Å²) in [5, 5.41) is 0. The van der Waals surface area contributed by atoms with Crippen molar-refractivity contribution in [3.05, 3.63) is 41.5 Å². The van der Waals surface area contributed by atoms with Crippen molar-refractivity contribution in [2.45, 2.75) is 32.2 Å². The van der Waals surface area contributed by atoms with Crippen LogP contribution >= 0.6 is 0 Å². The summed E-state index contributed by atoms with van der Waals surface area (Å²) in [6, 6.07) is 6.06. The van der Waals surface area contributed by atoms with Gasteiger partial charge < -0.3 is 14.5 Å². The van der Waals surface area contributed by atoms with Crippen molar-refractivity contribution in [3.63, 3.8) is 0 Å². The van der Waals surface area contributed by atoms with E-state index in [4.69, 9.17) is 4.74 Å². The minimum atomic E-state index is 0.0856. The van der Waals surface area contributed by atoms with Crippen molar-refractivity contribution in [2.75, 3.05) is 27.2 Å². The van der Waals surface area contributed by atoms with Crippen LogP contribution in [0.2, 0.25) is 0 Å². The minimum Gasteiger partial charge on any atom is -0.491 e. The van der Waals surface area contributed by atoms with E-state index in [1.807, 2.05) is 17.0 Å². The van der Waals surface area contributed by atoms with E-state index in [9.17, 15) is 9.59 Å². The van der Waals surface area contributed by atoms with Crippen molar-refractivity contribution in [3.8, 4) is 5.75 Å². The number of fused-ring (bicyclic) bond motifs is 1. The lowest BCUT2D eigenvalue weighted by atomic mass is 10.0. The molecule has 0 aromatic heterocycles. The van der Waals surface area contributed by atoms with Crippen molar-refractivity contribution < 1.29 is 14.3 Å². The number of benzene rings is 1. The van der Waals surface area contributed by atoms with Crippen molar-refractivity contribution in [1.29, 1.82) is 0 Å². The Labute approximate surface area is 149 Å². The zero-order chi connectivity index (χ0) is 17.8. The Bertz CT molecular complexity index is 674. The van der Waals surface area contributed by atoms with Gasteiger partial charge in [-0.25, -0.2) is 0 Å². The summed E-state index contributed by atoms with van der Waals surface area (Å²) in [6.45, 7) is 1.73. The predicted molar refractivity (Wildman–Crippen MR) is 96.2 cm³/mol. The molecule has 2 aliphatic rings. The number of hydrogen-bond acceptors (Lipinski definition) is 3. The summed E-state index contributed by atoms with van der Waals surface area (Å²) in [4.78, 5) is 28.0. The Hall–Kier alpha value is -2.30. The predicted octanol–water partition coefficient (Wildman–Crippen LogP) is 2.39. The molecule has 5 heteroatoms. The highest BCUT2D eigenvalue weighted by atomic mass is 16.5. The smallest absolute Gasteiger partial charge is 0.226 e. The van der Waals surface area contributed by atoms with E-state index in [1.54, 1.807) is 19.0 Å².